The number of alkyl halides is 1. The predicted octanol–water partition coefficient (Wildman–Crippen LogP) is 5.51. The van der Waals surface area contributed by atoms with E-state index in [1.54, 1.807) is 0 Å². The first kappa shape index (κ1) is 14.9. The second kappa shape index (κ2) is 12.0. The quantitative estimate of drug-likeness (QED) is 0.399. The van der Waals surface area contributed by atoms with Gasteiger partial charge in [0, 0.05) is 0 Å². The van der Waals surface area contributed by atoms with Crippen LogP contribution in [0.25, 0.3) is 0 Å². The Morgan fingerprint density at radius 2 is 1.27 bits per heavy atom. The molecule has 0 aliphatic carbocycles. The normalized spacial score (nSPS) is 11.2. The maximum atomic E-state index is 11.8. The Morgan fingerprint density at radius 1 is 0.733 bits per heavy atom. The van der Waals surface area contributed by atoms with E-state index in [2.05, 4.69) is 13.8 Å². The van der Waals surface area contributed by atoms with Crippen molar-refractivity contribution in [3.05, 3.63) is 0 Å². The summed E-state index contributed by atoms with van der Waals surface area (Å²) < 4.78 is 11.8. The van der Waals surface area contributed by atoms with Crippen LogP contribution in [0.2, 0.25) is 0 Å². The van der Waals surface area contributed by atoms with Crippen molar-refractivity contribution in [1.82, 2.24) is 0 Å². The fourth-order valence-corrected chi connectivity index (χ4v) is 2.31. The van der Waals surface area contributed by atoms with Gasteiger partial charge in [0.2, 0.25) is 0 Å². The molecule has 0 aromatic rings. The zero-order valence-electron chi connectivity index (χ0n) is 10.7. The van der Waals surface area contributed by atoms with E-state index in [1.807, 2.05) is 0 Å². The van der Waals surface area contributed by atoms with E-state index < -0.39 is 0 Å². The van der Waals surface area contributed by atoms with Crippen molar-refractivity contribution in [2.75, 3.05) is 6.67 Å². The van der Waals surface area contributed by atoms with Gasteiger partial charge in [0.15, 0.2) is 0 Å². The first-order valence-corrected chi connectivity index (χ1v) is 6.91. The molecule has 0 rings (SSSR count). The zero-order valence-corrected chi connectivity index (χ0v) is 10.7. The van der Waals surface area contributed by atoms with Crippen molar-refractivity contribution >= 4 is 0 Å². The van der Waals surface area contributed by atoms with Crippen molar-refractivity contribution in [1.29, 1.82) is 0 Å². The third-order valence-corrected chi connectivity index (χ3v) is 3.14. The molecule has 0 saturated carbocycles. The Kier molecular flexibility index (Phi) is 11.9. The molecule has 0 spiro atoms. The van der Waals surface area contributed by atoms with Gasteiger partial charge in [-0.2, -0.15) is 0 Å². The molecule has 0 saturated heterocycles. The molecule has 0 heterocycles. The molecule has 15 heavy (non-hydrogen) atoms. The maximum absolute atomic E-state index is 11.8. The smallest absolute Gasteiger partial charge is 0.0894 e. The minimum Gasteiger partial charge on any atom is -0.251 e. The van der Waals surface area contributed by atoms with Gasteiger partial charge in [-0.05, 0) is 12.3 Å². The first-order valence-electron chi connectivity index (χ1n) is 6.91. The van der Waals surface area contributed by atoms with Crippen LogP contribution in [0.15, 0.2) is 0 Å². The Morgan fingerprint density at radius 3 is 1.80 bits per heavy atom. The lowest BCUT2D eigenvalue weighted by atomic mass is 9.92. The van der Waals surface area contributed by atoms with Crippen LogP contribution in [-0.4, -0.2) is 6.67 Å². The van der Waals surface area contributed by atoms with E-state index in [4.69, 9.17) is 0 Å². The predicted molar refractivity (Wildman–Crippen MR) is 67.0 cm³/mol. The van der Waals surface area contributed by atoms with Crippen LogP contribution in [0.3, 0.4) is 0 Å². The topological polar surface area (TPSA) is 0 Å². The molecule has 1 heteroatoms. The molecule has 0 bridgehead atoms. The molecule has 0 aliphatic heterocycles. The number of halogens is 1. The Balaban J connectivity index is 3.28. The van der Waals surface area contributed by atoms with Crippen LogP contribution in [-0.2, 0) is 0 Å². The molecular formula is C14H29F. The number of unbranched alkanes of at least 4 members (excludes halogenated alkanes) is 4. The fraction of sp³-hybridized carbons (Fsp3) is 1.00. The number of rotatable bonds is 11. The summed E-state index contributed by atoms with van der Waals surface area (Å²) in [5.41, 5.74) is 0. The van der Waals surface area contributed by atoms with Crippen molar-refractivity contribution in [2.24, 2.45) is 5.92 Å². The lowest BCUT2D eigenvalue weighted by Gasteiger charge is -2.14. The summed E-state index contributed by atoms with van der Waals surface area (Å²) in [5.74, 6) is 0.959. The summed E-state index contributed by atoms with van der Waals surface area (Å²) in [6.07, 6.45) is 12.6. The zero-order chi connectivity index (χ0) is 11.4. The van der Waals surface area contributed by atoms with E-state index in [0.717, 1.165) is 18.8 Å². The van der Waals surface area contributed by atoms with E-state index in [-0.39, 0.29) is 6.67 Å². The van der Waals surface area contributed by atoms with Gasteiger partial charge in [0.25, 0.3) is 0 Å². The molecule has 0 aliphatic rings. The van der Waals surface area contributed by atoms with Crippen LogP contribution < -0.4 is 0 Å². The second-order valence-electron chi connectivity index (χ2n) is 4.69. The Hall–Kier alpha value is -0.0700. The third-order valence-electron chi connectivity index (χ3n) is 3.14. The molecule has 0 atom stereocenters. The van der Waals surface area contributed by atoms with Crippen LogP contribution in [0.1, 0.15) is 78.1 Å². The van der Waals surface area contributed by atoms with Crippen molar-refractivity contribution in [2.45, 2.75) is 78.1 Å². The molecule has 0 unspecified atom stereocenters. The van der Waals surface area contributed by atoms with Gasteiger partial charge in [-0.1, -0.05) is 71.6 Å². The highest BCUT2D eigenvalue weighted by atomic mass is 19.1. The average Bonchev–Trinajstić information content (AvgIpc) is 2.24. The molecule has 0 radical (unpaired) electrons. The van der Waals surface area contributed by atoms with Gasteiger partial charge in [0.1, 0.15) is 0 Å². The Labute approximate surface area is 95.6 Å². The summed E-state index contributed by atoms with van der Waals surface area (Å²) in [6.45, 7) is 4.43. The maximum Gasteiger partial charge on any atom is 0.0894 e. The Bertz CT molecular complexity index is 106. The summed E-state index contributed by atoms with van der Waals surface area (Å²) in [5, 5.41) is 0. The molecular weight excluding hydrogens is 187 g/mol. The minimum absolute atomic E-state index is 0.131. The van der Waals surface area contributed by atoms with Gasteiger partial charge in [-0.15, -0.1) is 0 Å². The van der Waals surface area contributed by atoms with Crippen LogP contribution in [0, 0.1) is 5.92 Å². The van der Waals surface area contributed by atoms with Gasteiger partial charge >= 0.3 is 0 Å². The molecule has 92 valence electrons. The standard InChI is InChI=1S/C14H29F/c1-3-10-14(11-4-2)12-8-6-5-7-9-13-15/h14H,3-13H2,1-2H3. The van der Waals surface area contributed by atoms with Gasteiger partial charge < -0.3 is 0 Å². The molecule has 0 aromatic carbocycles. The lowest BCUT2D eigenvalue weighted by Crippen LogP contribution is -1.99. The third kappa shape index (κ3) is 10.2. The second-order valence-corrected chi connectivity index (χ2v) is 4.69. The monoisotopic (exact) mass is 216 g/mol. The van der Waals surface area contributed by atoms with E-state index >= 15 is 0 Å². The van der Waals surface area contributed by atoms with Crippen molar-refractivity contribution < 1.29 is 4.39 Å². The van der Waals surface area contributed by atoms with Crippen LogP contribution >= 0.6 is 0 Å². The van der Waals surface area contributed by atoms with Gasteiger partial charge in [0.05, 0.1) is 6.67 Å². The minimum atomic E-state index is -0.131. The largest absolute Gasteiger partial charge is 0.251 e. The average molecular weight is 216 g/mol. The molecule has 0 N–H and O–H groups in total. The molecule has 0 aromatic heterocycles. The summed E-state index contributed by atoms with van der Waals surface area (Å²) >= 11 is 0. The highest BCUT2D eigenvalue weighted by molar-refractivity contribution is 4.58. The first-order chi connectivity index (χ1) is 7.35. The van der Waals surface area contributed by atoms with E-state index in [9.17, 15) is 4.39 Å². The van der Waals surface area contributed by atoms with Gasteiger partial charge in [-0.3, -0.25) is 4.39 Å². The van der Waals surface area contributed by atoms with Crippen LogP contribution in [0.4, 0.5) is 4.39 Å². The van der Waals surface area contributed by atoms with Crippen molar-refractivity contribution in [3.8, 4) is 0 Å². The SMILES string of the molecule is CCCC(CCC)CCCCCCCF. The van der Waals surface area contributed by atoms with E-state index in [0.29, 0.717) is 0 Å². The van der Waals surface area contributed by atoms with Crippen molar-refractivity contribution in [3.63, 3.8) is 0 Å². The number of hydrogen-bond acceptors (Lipinski definition) is 0. The summed E-state index contributed by atoms with van der Waals surface area (Å²) in [4.78, 5) is 0. The highest BCUT2D eigenvalue weighted by Crippen LogP contribution is 2.21. The van der Waals surface area contributed by atoms with Gasteiger partial charge in [-0.25, -0.2) is 0 Å². The molecule has 0 amide bonds. The molecule has 0 nitrogen and oxygen atoms in total. The number of hydrogen-bond donors (Lipinski definition) is 0. The summed E-state index contributed by atoms with van der Waals surface area (Å²) in [7, 11) is 0. The highest BCUT2D eigenvalue weighted by Gasteiger charge is 2.05. The fourth-order valence-electron chi connectivity index (χ4n) is 2.31. The summed E-state index contributed by atoms with van der Waals surface area (Å²) in [6, 6.07) is 0. The lowest BCUT2D eigenvalue weighted by molar-refractivity contribution is 0.387. The van der Waals surface area contributed by atoms with Crippen LogP contribution in [0.5, 0.6) is 0 Å². The molecule has 0 fully saturated rings. The van der Waals surface area contributed by atoms with E-state index in [1.165, 1.54) is 51.4 Å².